The maximum absolute atomic E-state index is 5.92. The molecule has 0 bridgehead atoms. The van der Waals surface area contributed by atoms with E-state index in [1.807, 2.05) is 48.5 Å². The van der Waals surface area contributed by atoms with Gasteiger partial charge in [0.05, 0.1) is 26.9 Å². The number of hydrogen-bond acceptors (Lipinski definition) is 4. The van der Waals surface area contributed by atoms with E-state index in [-0.39, 0.29) is 6.10 Å². The standard InChI is InChI=1S/C17H21NO3/c1-19-15-8-6-13(7-9-15)12-21-17(11-18)14-4-3-5-16(10-14)20-2/h3-10,17H,11-12,18H2,1-2H3. The number of rotatable bonds is 7. The first kappa shape index (κ1) is 15.4. The van der Waals surface area contributed by atoms with Crippen molar-refractivity contribution in [3.05, 3.63) is 59.7 Å². The molecule has 2 rings (SSSR count). The lowest BCUT2D eigenvalue weighted by Gasteiger charge is -2.17. The molecular weight excluding hydrogens is 266 g/mol. The van der Waals surface area contributed by atoms with Crippen molar-refractivity contribution in [1.82, 2.24) is 0 Å². The maximum atomic E-state index is 5.92. The van der Waals surface area contributed by atoms with Gasteiger partial charge < -0.3 is 19.9 Å². The molecule has 2 aromatic rings. The molecular formula is C17H21NO3. The summed E-state index contributed by atoms with van der Waals surface area (Å²) in [4.78, 5) is 0. The summed E-state index contributed by atoms with van der Waals surface area (Å²) in [5.74, 6) is 1.64. The average molecular weight is 287 g/mol. The Balaban J connectivity index is 2.01. The molecule has 0 aromatic heterocycles. The summed E-state index contributed by atoms with van der Waals surface area (Å²) < 4.78 is 16.3. The van der Waals surface area contributed by atoms with Gasteiger partial charge in [-0.3, -0.25) is 0 Å². The molecule has 2 aromatic carbocycles. The summed E-state index contributed by atoms with van der Waals surface area (Å²) in [5.41, 5.74) is 7.92. The van der Waals surface area contributed by atoms with Crippen molar-refractivity contribution in [2.75, 3.05) is 20.8 Å². The number of methoxy groups -OCH3 is 2. The predicted octanol–water partition coefficient (Wildman–Crippen LogP) is 2.92. The number of benzene rings is 2. The van der Waals surface area contributed by atoms with Crippen LogP contribution in [0.1, 0.15) is 17.2 Å². The first-order chi connectivity index (χ1) is 10.3. The van der Waals surface area contributed by atoms with Crippen LogP contribution in [-0.2, 0) is 11.3 Å². The summed E-state index contributed by atoms with van der Waals surface area (Å²) >= 11 is 0. The SMILES string of the molecule is COc1ccc(COC(CN)c2cccc(OC)c2)cc1. The summed E-state index contributed by atoms with van der Waals surface area (Å²) in [5, 5.41) is 0. The molecule has 4 heteroatoms. The van der Waals surface area contributed by atoms with Crippen molar-refractivity contribution in [3.63, 3.8) is 0 Å². The minimum Gasteiger partial charge on any atom is -0.497 e. The first-order valence-corrected chi connectivity index (χ1v) is 6.85. The van der Waals surface area contributed by atoms with Gasteiger partial charge in [-0.1, -0.05) is 24.3 Å². The zero-order valence-corrected chi connectivity index (χ0v) is 12.4. The van der Waals surface area contributed by atoms with Crippen LogP contribution in [0.3, 0.4) is 0 Å². The second-order valence-electron chi connectivity index (χ2n) is 4.66. The Morgan fingerprint density at radius 1 is 0.952 bits per heavy atom. The second-order valence-corrected chi connectivity index (χ2v) is 4.66. The third-order valence-corrected chi connectivity index (χ3v) is 3.29. The monoisotopic (exact) mass is 287 g/mol. The summed E-state index contributed by atoms with van der Waals surface area (Å²) in [6.45, 7) is 0.923. The number of nitrogens with two attached hydrogens (primary N) is 1. The highest BCUT2D eigenvalue weighted by molar-refractivity contribution is 5.30. The molecule has 1 unspecified atom stereocenters. The van der Waals surface area contributed by atoms with Crippen molar-refractivity contribution < 1.29 is 14.2 Å². The van der Waals surface area contributed by atoms with E-state index in [1.165, 1.54) is 0 Å². The van der Waals surface area contributed by atoms with Gasteiger partial charge in [-0.2, -0.15) is 0 Å². The first-order valence-electron chi connectivity index (χ1n) is 6.85. The Kier molecular flexibility index (Phi) is 5.60. The van der Waals surface area contributed by atoms with Gasteiger partial charge in [-0.15, -0.1) is 0 Å². The highest BCUT2D eigenvalue weighted by Gasteiger charge is 2.11. The van der Waals surface area contributed by atoms with Crippen molar-refractivity contribution in [3.8, 4) is 11.5 Å². The molecule has 0 aliphatic heterocycles. The van der Waals surface area contributed by atoms with E-state index in [0.717, 1.165) is 22.6 Å². The molecule has 0 heterocycles. The largest absolute Gasteiger partial charge is 0.497 e. The molecule has 0 saturated carbocycles. The third-order valence-electron chi connectivity index (χ3n) is 3.29. The fraction of sp³-hybridized carbons (Fsp3) is 0.294. The zero-order valence-electron chi connectivity index (χ0n) is 12.4. The van der Waals surface area contributed by atoms with Gasteiger partial charge >= 0.3 is 0 Å². The van der Waals surface area contributed by atoms with Gasteiger partial charge in [0, 0.05) is 6.54 Å². The predicted molar refractivity (Wildman–Crippen MR) is 82.6 cm³/mol. The van der Waals surface area contributed by atoms with Crippen LogP contribution in [0.2, 0.25) is 0 Å². The van der Waals surface area contributed by atoms with E-state index in [1.54, 1.807) is 14.2 Å². The highest BCUT2D eigenvalue weighted by Crippen LogP contribution is 2.23. The van der Waals surface area contributed by atoms with Gasteiger partial charge in [-0.05, 0) is 35.4 Å². The Morgan fingerprint density at radius 3 is 2.29 bits per heavy atom. The van der Waals surface area contributed by atoms with Gasteiger partial charge in [0.15, 0.2) is 0 Å². The summed E-state index contributed by atoms with van der Waals surface area (Å²) in [6, 6.07) is 15.6. The van der Waals surface area contributed by atoms with Gasteiger partial charge in [0.2, 0.25) is 0 Å². The Bertz CT molecular complexity index is 554. The van der Waals surface area contributed by atoms with Gasteiger partial charge in [-0.25, -0.2) is 0 Å². The normalized spacial score (nSPS) is 12.0. The van der Waals surface area contributed by atoms with Gasteiger partial charge in [0.25, 0.3) is 0 Å². The van der Waals surface area contributed by atoms with E-state index in [0.29, 0.717) is 13.2 Å². The van der Waals surface area contributed by atoms with Crippen LogP contribution in [0.15, 0.2) is 48.5 Å². The van der Waals surface area contributed by atoms with E-state index in [9.17, 15) is 0 Å². The lowest BCUT2D eigenvalue weighted by molar-refractivity contribution is 0.0455. The van der Waals surface area contributed by atoms with Crippen LogP contribution in [-0.4, -0.2) is 20.8 Å². The molecule has 0 amide bonds. The van der Waals surface area contributed by atoms with E-state index in [4.69, 9.17) is 19.9 Å². The minimum atomic E-state index is -0.151. The number of ether oxygens (including phenoxy) is 3. The van der Waals surface area contributed by atoms with Crippen LogP contribution < -0.4 is 15.2 Å². The molecule has 0 radical (unpaired) electrons. The van der Waals surface area contributed by atoms with Gasteiger partial charge in [0.1, 0.15) is 11.5 Å². The second kappa shape index (κ2) is 7.67. The third kappa shape index (κ3) is 4.21. The number of hydrogen-bond donors (Lipinski definition) is 1. The molecule has 0 aliphatic rings. The minimum absolute atomic E-state index is 0.151. The molecule has 0 aliphatic carbocycles. The molecule has 112 valence electrons. The van der Waals surface area contributed by atoms with Crippen LogP contribution in [0.25, 0.3) is 0 Å². The molecule has 2 N–H and O–H groups in total. The lowest BCUT2D eigenvalue weighted by atomic mass is 10.1. The van der Waals surface area contributed by atoms with Crippen molar-refractivity contribution in [2.45, 2.75) is 12.7 Å². The van der Waals surface area contributed by atoms with Crippen molar-refractivity contribution in [2.24, 2.45) is 5.73 Å². The highest BCUT2D eigenvalue weighted by atomic mass is 16.5. The molecule has 0 fully saturated rings. The van der Waals surface area contributed by atoms with Crippen LogP contribution in [0, 0.1) is 0 Å². The molecule has 0 saturated heterocycles. The summed E-state index contributed by atoms with van der Waals surface area (Å²) in [7, 11) is 3.30. The molecule has 0 spiro atoms. The van der Waals surface area contributed by atoms with E-state index < -0.39 is 0 Å². The fourth-order valence-corrected chi connectivity index (χ4v) is 2.06. The Hall–Kier alpha value is -2.04. The van der Waals surface area contributed by atoms with Crippen LogP contribution in [0.5, 0.6) is 11.5 Å². The van der Waals surface area contributed by atoms with Crippen molar-refractivity contribution >= 4 is 0 Å². The fourth-order valence-electron chi connectivity index (χ4n) is 2.06. The smallest absolute Gasteiger partial charge is 0.119 e. The van der Waals surface area contributed by atoms with Crippen molar-refractivity contribution in [1.29, 1.82) is 0 Å². The molecule has 1 atom stereocenters. The zero-order chi connectivity index (χ0) is 15.1. The Labute approximate surface area is 125 Å². The lowest BCUT2D eigenvalue weighted by Crippen LogP contribution is -2.15. The molecule has 4 nitrogen and oxygen atoms in total. The van der Waals surface area contributed by atoms with E-state index in [2.05, 4.69) is 0 Å². The van der Waals surface area contributed by atoms with Crippen LogP contribution >= 0.6 is 0 Å². The maximum Gasteiger partial charge on any atom is 0.119 e. The quantitative estimate of drug-likeness (QED) is 0.850. The Morgan fingerprint density at radius 2 is 1.67 bits per heavy atom. The van der Waals surface area contributed by atoms with E-state index >= 15 is 0 Å². The average Bonchev–Trinajstić information content (AvgIpc) is 2.56. The summed E-state index contributed by atoms with van der Waals surface area (Å²) in [6.07, 6.45) is -0.151. The topological polar surface area (TPSA) is 53.7 Å². The van der Waals surface area contributed by atoms with Crippen LogP contribution in [0.4, 0.5) is 0 Å². The molecule has 21 heavy (non-hydrogen) atoms.